The molecule has 1 aliphatic heterocycles. The molecule has 0 aliphatic carbocycles. The zero-order valence-electron chi connectivity index (χ0n) is 14.0. The predicted molar refractivity (Wildman–Crippen MR) is 83.9 cm³/mol. The van der Waals surface area contributed by atoms with E-state index in [0.29, 0.717) is 6.54 Å². The number of amides is 1. The van der Waals surface area contributed by atoms with Crippen LogP contribution in [0.2, 0.25) is 0 Å². The van der Waals surface area contributed by atoms with Crippen molar-refractivity contribution in [3.8, 4) is 0 Å². The Morgan fingerprint density at radius 2 is 1.75 bits per heavy atom. The summed E-state index contributed by atoms with van der Waals surface area (Å²) in [6.07, 6.45) is 0. The van der Waals surface area contributed by atoms with Crippen LogP contribution in [-0.2, 0) is 4.79 Å². The fourth-order valence-corrected chi connectivity index (χ4v) is 2.82. The summed E-state index contributed by atoms with van der Waals surface area (Å²) in [5, 5.41) is 6.46. The zero-order valence-corrected chi connectivity index (χ0v) is 14.0. The molecule has 0 aromatic carbocycles. The molecule has 1 heterocycles. The van der Waals surface area contributed by atoms with Gasteiger partial charge in [-0.2, -0.15) is 0 Å². The molecule has 0 saturated carbocycles. The van der Waals surface area contributed by atoms with Crippen molar-refractivity contribution in [2.24, 2.45) is 5.41 Å². The maximum Gasteiger partial charge on any atom is 0.239 e. The van der Waals surface area contributed by atoms with Crippen LogP contribution in [0.4, 0.5) is 0 Å². The number of hydrogen-bond donors (Lipinski definition) is 2. The van der Waals surface area contributed by atoms with Gasteiger partial charge in [-0.1, -0.05) is 13.8 Å². The first kappa shape index (κ1) is 17.4. The van der Waals surface area contributed by atoms with E-state index in [1.165, 1.54) is 0 Å². The lowest BCUT2D eigenvalue weighted by atomic mass is 9.92. The maximum atomic E-state index is 12.5. The van der Waals surface area contributed by atoms with E-state index in [-0.39, 0.29) is 11.3 Å². The second kappa shape index (κ2) is 6.87. The Morgan fingerprint density at radius 3 is 2.25 bits per heavy atom. The van der Waals surface area contributed by atoms with Crippen molar-refractivity contribution in [2.75, 3.05) is 53.4 Å². The van der Waals surface area contributed by atoms with Crippen LogP contribution in [0.25, 0.3) is 0 Å². The van der Waals surface area contributed by atoms with Crippen molar-refractivity contribution < 1.29 is 4.79 Å². The van der Waals surface area contributed by atoms with E-state index in [1.807, 2.05) is 13.8 Å². The third-order valence-corrected chi connectivity index (χ3v) is 3.93. The normalized spacial score (nSPS) is 18.4. The van der Waals surface area contributed by atoms with Crippen molar-refractivity contribution in [2.45, 2.75) is 33.2 Å². The molecule has 0 radical (unpaired) electrons. The summed E-state index contributed by atoms with van der Waals surface area (Å²) >= 11 is 0. The van der Waals surface area contributed by atoms with Crippen LogP contribution < -0.4 is 10.6 Å². The number of carbonyl (C=O) groups excluding carboxylic acids is 1. The average Bonchev–Trinajstić information content (AvgIpc) is 2.35. The van der Waals surface area contributed by atoms with Crippen LogP contribution in [-0.4, -0.2) is 74.6 Å². The van der Waals surface area contributed by atoms with Crippen LogP contribution in [0.1, 0.15) is 27.7 Å². The Balaban J connectivity index is 2.52. The molecule has 20 heavy (non-hydrogen) atoms. The molecule has 0 unspecified atom stereocenters. The Kier molecular flexibility index (Phi) is 5.98. The summed E-state index contributed by atoms with van der Waals surface area (Å²) in [6.45, 7) is 13.9. The summed E-state index contributed by atoms with van der Waals surface area (Å²) in [7, 11) is 4.13. The Morgan fingerprint density at radius 1 is 1.20 bits per heavy atom. The molecule has 5 heteroatoms. The predicted octanol–water partition coefficient (Wildman–Crippen LogP) is 0.374. The SMILES string of the molecule is CN(C)CC(C)(C)CNC(=O)C(C)(C)N1CCNCC1. The van der Waals surface area contributed by atoms with Crippen LogP contribution in [0.15, 0.2) is 0 Å². The Labute approximate surface area is 124 Å². The van der Waals surface area contributed by atoms with Crippen molar-refractivity contribution >= 4 is 5.91 Å². The van der Waals surface area contributed by atoms with Gasteiger partial charge in [-0.05, 0) is 33.4 Å². The van der Waals surface area contributed by atoms with Gasteiger partial charge < -0.3 is 15.5 Å². The monoisotopic (exact) mass is 284 g/mol. The number of nitrogens with one attached hydrogen (secondary N) is 2. The molecule has 0 atom stereocenters. The van der Waals surface area contributed by atoms with E-state index in [4.69, 9.17) is 0 Å². The van der Waals surface area contributed by atoms with E-state index >= 15 is 0 Å². The minimum atomic E-state index is -0.434. The first-order valence-electron chi connectivity index (χ1n) is 7.54. The van der Waals surface area contributed by atoms with E-state index in [2.05, 4.69) is 48.4 Å². The molecule has 1 rings (SSSR count). The molecule has 5 nitrogen and oxygen atoms in total. The summed E-state index contributed by atoms with van der Waals surface area (Å²) < 4.78 is 0. The van der Waals surface area contributed by atoms with Gasteiger partial charge >= 0.3 is 0 Å². The molecule has 2 N–H and O–H groups in total. The van der Waals surface area contributed by atoms with Crippen molar-refractivity contribution in [3.05, 3.63) is 0 Å². The molecule has 0 aromatic heterocycles. The molecule has 0 bridgehead atoms. The lowest BCUT2D eigenvalue weighted by Gasteiger charge is -2.40. The highest BCUT2D eigenvalue weighted by Gasteiger charge is 2.35. The second-order valence-electron chi connectivity index (χ2n) is 7.38. The van der Waals surface area contributed by atoms with E-state index in [1.54, 1.807) is 0 Å². The van der Waals surface area contributed by atoms with Crippen molar-refractivity contribution in [3.63, 3.8) is 0 Å². The van der Waals surface area contributed by atoms with E-state index in [0.717, 1.165) is 32.7 Å². The number of carbonyl (C=O) groups is 1. The van der Waals surface area contributed by atoms with E-state index < -0.39 is 5.54 Å². The van der Waals surface area contributed by atoms with Gasteiger partial charge in [0.25, 0.3) is 0 Å². The van der Waals surface area contributed by atoms with Crippen LogP contribution >= 0.6 is 0 Å². The number of nitrogens with zero attached hydrogens (tertiary/aromatic N) is 2. The molecular formula is C15H32N4O. The zero-order chi connectivity index (χ0) is 15.4. The smallest absolute Gasteiger partial charge is 0.239 e. The molecular weight excluding hydrogens is 252 g/mol. The van der Waals surface area contributed by atoms with Gasteiger partial charge in [0, 0.05) is 39.3 Å². The largest absolute Gasteiger partial charge is 0.354 e. The summed E-state index contributed by atoms with van der Waals surface area (Å²) in [6, 6.07) is 0. The highest BCUT2D eigenvalue weighted by atomic mass is 16.2. The summed E-state index contributed by atoms with van der Waals surface area (Å²) in [5.74, 6) is 0.131. The lowest BCUT2D eigenvalue weighted by Crippen LogP contribution is -2.60. The first-order valence-corrected chi connectivity index (χ1v) is 7.54. The van der Waals surface area contributed by atoms with E-state index in [9.17, 15) is 4.79 Å². The topological polar surface area (TPSA) is 47.6 Å². The number of piperazine rings is 1. The van der Waals surface area contributed by atoms with Crippen molar-refractivity contribution in [1.29, 1.82) is 0 Å². The van der Waals surface area contributed by atoms with Gasteiger partial charge in [0.2, 0.25) is 5.91 Å². The minimum absolute atomic E-state index is 0.0820. The quantitative estimate of drug-likeness (QED) is 0.740. The first-order chi connectivity index (χ1) is 9.15. The molecule has 118 valence electrons. The fourth-order valence-electron chi connectivity index (χ4n) is 2.82. The average molecular weight is 284 g/mol. The molecule has 0 spiro atoms. The van der Waals surface area contributed by atoms with Crippen LogP contribution in [0.5, 0.6) is 0 Å². The van der Waals surface area contributed by atoms with Crippen LogP contribution in [0, 0.1) is 5.41 Å². The lowest BCUT2D eigenvalue weighted by molar-refractivity contribution is -0.132. The molecule has 1 amide bonds. The highest BCUT2D eigenvalue weighted by Crippen LogP contribution is 2.18. The van der Waals surface area contributed by atoms with Gasteiger partial charge in [0.15, 0.2) is 0 Å². The summed E-state index contributed by atoms with van der Waals surface area (Å²) in [4.78, 5) is 16.9. The molecule has 0 aromatic rings. The maximum absolute atomic E-state index is 12.5. The molecule has 1 saturated heterocycles. The van der Waals surface area contributed by atoms with Gasteiger partial charge in [0.1, 0.15) is 0 Å². The third-order valence-electron chi connectivity index (χ3n) is 3.93. The second-order valence-corrected chi connectivity index (χ2v) is 7.38. The van der Waals surface area contributed by atoms with Gasteiger partial charge in [-0.15, -0.1) is 0 Å². The van der Waals surface area contributed by atoms with Gasteiger partial charge in [0.05, 0.1) is 5.54 Å². The molecule has 1 aliphatic rings. The Hall–Kier alpha value is -0.650. The highest BCUT2D eigenvalue weighted by molar-refractivity contribution is 5.85. The van der Waals surface area contributed by atoms with Crippen molar-refractivity contribution in [1.82, 2.24) is 20.4 Å². The van der Waals surface area contributed by atoms with Gasteiger partial charge in [-0.3, -0.25) is 9.69 Å². The van der Waals surface area contributed by atoms with Gasteiger partial charge in [-0.25, -0.2) is 0 Å². The fraction of sp³-hybridized carbons (Fsp3) is 0.933. The minimum Gasteiger partial charge on any atom is -0.354 e. The molecule has 1 fully saturated rings. The standard InChI is InChI=1S/C15H32N4O/c1-14(2,12-18(5)6)11-17-13(20)15(3,4)19-9-7-16-8-10-19/h16H,7-12H2,1-6H3,(H,17,20). The third kappa shape index (κ3) is 5.04. The number of rotatable bonds is 6. The summed E-state index contributed by atoms with van der Waals surface area (Å²) in [5.41, 5.74) is -0.352. The number of hydrogen-bond acceptors (Lipinski definition) is 4. The van der Waals surface area contributed by atoms with Crippen LogP contribution in [0.3, 0.4) is 0 Å². The Bertz CT molecular complexity index is 320.